The number of ether oxygens (including phenoxy) is 7. The Bertz CT molecular complexity index is 5410. The van der Waals surface area contributed by atoms with Gasteiger partial charge in [0.05, 0.1) is 63.6 Å². The minimum absolute atomic E-state index is 0.00626. The van der Waals surface area contributed by atoms with Crippen LogP contribution in [0.5, 0.6) is 0 Å². The number of amidine groups is 4. The lowest BCUT2D eigenvalue weighted by Crippen LogP contribution is -2.52. The third kappa shape index (κ3) is 24.7. The second kappa shape index (κ2) is 42.6. The molecule has 0 spiro atoms. The molecule has 45 heteroatoms. The van der Waals surface area contributed by atoms with Crippen molar-refractivity contribution in [3.63, 3.8) is 0 Å². The van der Waals surface area contributed by atoms with E-state index in [0.29, 0.717) is 73.0 Å². The molecule has 4 aromatic carbocycles. The second-order valence-corrected chi connectivity index (χ2v) is 40.9. The van der Waals surface area contributed by atoms with Crippen LogP contribution in [0.3, 0.4) is 0 Å². The number of rotatable bonds is 13. The number of thioether (sulfide) groups is 4. The van der Waals surface area contributed by atoms with Gasteiger partial charge in [0.1, 0.15) is 96.4 Å². The molecule has 6 amide bonds. The number of nitrogens with zero attached hydrogens (tertiary/aromatic N) is 10. The Morgan fingerprint density at radius 1 is 0.373 bits per heavy atom. The topological polar surface area (TPSA) is 418 Å². The van der Waals surface area contributed by atoms with Crippen molar-refractivity contribution < 1.29 is 106 Å². The molecule has 4 fully saturated rings. The molecule has 4 saturated heterocycles. The maximum Gasteiger partial charge on any atom is 0.413 e. The highest BCUT2D eigenvalue weighted by Crippen LogP contribution is 2.54. The van der Waals surface area contributed by atoms with Crippen LogP contribution in [0, 0.1) is 46.9 Å². The number of carbonyl (C=O) groups excluding carboxylic acids is 6. The number of anilines is 4. The van der Waals surface area contributed by atoms with Gasteiger partial charge in [0.25, 0.3) is 37.0 Å². The summed E-state index contributed by atoms with van der Waals surface area (Å²) in [7, 11) is 0. The maximum atomic E-state index is 15.4. The molecule has 0 bridgehead atoms. The maximum absolute atomic E-state index is 15.4. The summed E-state index contributed by atoms with van der Waals surface area (Å²) < 4.78 is 176. The van der Waals surface area contributed by atoms with Crippen LogP contribution in [0.15, 0.2) is 130 Å². The zero-order chi connectivity index (χ0) is 97.3. The first-order chi connectivity index (χ1) is 63.2. The number of alkyl carbamates (subject to hydrolysis) is 3. The molecule has 7 aromatic rings. The van der Waals surface area contributed by atoms with Crippen molar-refractivity contribution in [3.05, 3.63) is 190 Å². The quantitative estimate of drug-likeness (QED) is 0.0302. The van der Waals surface area contributed by atoms with Gasteiger partial charge >= 0.3 is 18.3 Å². The number of alkyl halides is 6. The van der Waals surface area contributed by atoms with Crippen molar-refractivity contribution in [3.8, 4) is 0 Å². The van der Waals surface area contributed by atoms with E-state index < -0.39 is 129 Å². The highest BCUT2D eigenvalue weighted by molar-refractivity contribution is 8.15. The van der Waals surface area contributed by atoms with E-state index in [1.54, 1.807) is 68.4 Å². The first-order valence-electron chi connectivity index (χ1n) is 42.5. The fourth-order valence-corrected chi connectivity index (χ4v) is 21.5. The minimum atomic E-state index is -2.81. The zero-order valence-corrected chi connectivity index (χ0v) is 78.3. The number of nitrogens with two attached hydrogens (primary N) is 2. The van der Waals surface area contributed by atoms with Crippen LogP contribution < -0.4 is 43.4 Å². The number of hydrogen-bond acceptors (Lipinski definition) is 29. The van der Waals surface area contributed by atoms with Crippen molar-refractivity contribution >= 4 is 126 Å². The summed E-state index contributed by atoms with van der Waals surface area (Å²) in [6.07, 6.45) is -2.30. The highest BCUT2D eigenvalue weighted by Gasteiger charge is 2.55. The van der Waals surface area contributed by atoms with Crippen LogP contribution in [-0.2, 0) is 55.3 Å². The SMILES string of the molecule is C[C@H]1SC(N)=N[C@@]2(c3cc(NC(=O)c4cnc(C(F)F)cn4)ccc3F)COCC[C@@H]12.C[C@H]1SC(NC(=O)OC(C)(C)C)=N[C@@]2(c3cc(N)ccc3F)COCC[C@@H]12.C[C@H]1SC(NC(=O)OC(C)(C)C)=N[C@@]2(c3cc(NC(=O)c4cnc(C(F)F)cn4)ccc3F)COCC[C@@H]12.C[C@H]1SC(NC(=O)OC(C)(C)C)=N[C@@]2(c3cc(NC(=O)c4cnc(C(F)F)cn4)ccc3F)COCC[C@@H]12. The van der Waals surface area contributed by atoms with Crippen LogP contribution in [-0.4, -0.2) is 177 Å². The molecule has 3 aromatic heterocycles. The van der Waals surface area contributed by atoms with Crippen LogP contribution in [0.25, 0.3) is 0 Å². The van der Waals surface area contributed by atoms with Crippen LogP contribution in [0.2, 0.25) is 0 Å². The van der Waals surface area contributed by atoms with E-state index in [1.165, 1.54) is 114 Å². The summed E-state index contributed by atoms with van der Waals surface area (Å²) in [5.74, 6) is -4.21. The molecular formula is C89H102F10N18O13S4. The predicted molar refractivity (Wildman–Crippen MR) is 488 cm³/mol. The number of amides is 6. The number of nitrogens with one attached hydrogen (secondary N) is 6. The minimum Gasteiger partial charge on any atom is -0.444 e. The fraction of sp³-hybridized carbons (Fsp3) is 0.483. The predicted octanol–water partition coefficient (Wildman–Crippen LogP) is 17.2. The van der Waals surface area contributed by atoms with Gasteiger partial charge in [0, 0.05) is 116 Å². The lowest BCUT2D eigenvalue weighted by Gasteiger charge is -2.47. The normalized spacial score (nSPS) is 24.8. The monoisotopic (exact) mass is 1950 g/mol. The molecule has 10 N–H and O–H groups in total. The summed E-state index contributed by atoms with van der Waals surface area (Å²) in [6.45, 7) is 26.5. The smallest absolute Gasteiger partial charge is 0.413 e. The van der Waals surface area contributed by atoms with E-state index in [1.807, 2.05) is 20.8 Å². The van der Waals surface area contributed by atoms with Gasteiger partial charge in [-0.25, -0.2) is 93.2 Å². The molecule has 11 heterocycles. The van der Waals surface area contributed by atoms with E-state index >= 15 is 8.78 Å². The van der Waals surface area contributed by atoms with Crippen molar-refractivity contribution in [1.82, 2.24) is 45.9 Å². The number of benzene rings is 4. The van der Waals surface area contributed by atoms with E-state index in [-0.39, 0.29) is 132 Å². The molecule has 0 radical (unpaired) electrons. The van der Waals surface area contributed by atoms with Crippen molar-refractivity contribution in [2.24, 2.45) is 49.4 Å². The molecule has 0 unspecified atom stereocenters. The summed E-state index contributed by atoms with van der Waals surface area (Å²) in [6, 6.07) is 16.8. The largest absolute Gasteiger partial charge is 0.444 e. The highest BCUT2D eigenvalue weighted by atomic mass is 32.2. The third-order valence-electron chi connectivity index (χ3n) is 22.4. The average Bonchev–Trinajstić information content (AvgIpc) is 0.751. The molecule has 12 atom stereocenters. The summed E-state index contributed by atoms with van der Waals surface area (Å²) in [5.41, 5.74) is 5.84. The van der Waals surface area contributed by atoms with E-state index in [4.69, 9.17) is 59.6 Å². The van der Waals surface area contributed by atoms with Crippen molar-refractivity contribution in [2.45, 2.75) is 195 Å². The Hall–Kier alpha value is -10.8. The van der Waals surface area contributed by atoms with Crippen LogP contribution >= 0.6 is 47.0 Å². The summed E-state index contributed by atoms with van der Waals surface area (Å²) in [5, 5.41) is 17.3. The number of fused-ring (bicyclic) bond motifs is 4. The standard InChI is InChI=1S/2C25H28F3N5O4S.C20H20F3N5O2S.C19H26FN3O3S/c2*1-13-15-7-8-36-12-25(15,33-22(38-13)32-23(35)37-24(2,3)4)16-9-14(5-6-17(16)26)31-21(34)19-11-29-18(10-30-19)20(27)28;1-10-12-4-5-30-9-20(12,28-19(24)31-10)13-6-11(2-3-14(13)21)27-18(29)16-8-25-15(7-26-16)17(22)23;1-11-13-7-8-25-10-19(13,14-9-12(21)5-6-15(14)20)23-16(27-11)22-17(24)26-18(2,3)4/h2*5-6,9-11,13,15,20H,7-8,12H2,1-4H3,(H,31,34)(H,32,33,35);2-3,6-8,10,12,17H,4-5,9H2,1H3,(H2,24,28)(H,27,29);5-6,9,11,13H,7-8,10,21H2,1-4H3,(H,22,23,24)/t2*13-,15+,25+;10-,12+,20+;11-,13+,19+/m1111/s1. The molecule has 0 aliphatic carbocycles. The van der Waals surface area contributed by atoms with Gasteiger partial charge in [-0.3, -0.25) is 45.3 Å². The molecule has 8 aliphatic rings. The average molecular weight is 1950 g/mol. The zero-order valence-electron chi connectivity index (χ0n) is 75.1. The molecule has 720 valence electrons. The molecular weight excluding hydrogens is 1850 g/mol. The Kier molecular flexibility index (Phi) is 32.5. The first-order valence-corrected chi connectivity index (χ1v) is 46.0. The number of aliphatic imine (C=N–C) groups is 4. The molecule has 0 saturated carbocycles. The lowest BCUT2D eigenvalue weighted by atomic mass is 9.74. The molecule has 8 aliphatic heterocycles. The van der Waals surface area contributed by atoms with Gasteiger partial charge in [-0.1, -0.05) is 74.7 Å². The number of hydrogen-bond donors (Lipinski definition) is 8. The van der Waals surface area contributed by atoms with Gasteiger partial charge in [-0.05, 0) is 161 Å². The molecule has 31 nitrogen and oxygen atoms in total. The van der Waals surface area contributed by atoms with E-state index in [2.05, 4.69) is 73.7 Å². The Labute approximate surface area is 782 Å². The molecule has 15 rings (SSSR count). The van der Waals surface area contributed by atoms with Crippen molar-refractivity contribution in [2.75, 3.05) is 74.5 Å². The van der Waals surface area contributed by atoms with Gasteiger partial charge in [0.15, 0.2) is 20.7 Å². The fourth-order valence-electron chi connectivity index (χ4n) is 16.6. The lowest BCUT2D eigenvalue weighted by molar-refractivity contribution is -0.00440. The van der Waals surface area contributed by atoms with Gasteiger partial charge in [0.2, 0.25) is 0 Å². The first kappa shape index (κ1) is 102. The van der Waals surface area contributed by atoms with Crippen LogP contribution in [0.4, 0.5) is 81.0 Å². The van der Waals surface area contributed by atoms with E-state index in [9.17, 15) is 63.9 Å². The molecule has 134 heavy (non-hydrogen) atoms. The Morgan fingerprint density at radius 2 is 0.634 bits per heavy atom. The third-order valence-corrected chi connectivity index (χ3v) is 26.8. The number of nitrogen functional groups attached to an aromatic ring is 1. The van der Waals surface area contributed by atoms with Crippen LogP contribution in [0.1, 0.15) is 206 Å². The summed E-state index contributed by atoms with van der Waals surface area (Å²) in [4.78, 5) is 116. The number of aromatic nitrogens is 6. The number of carbonyl (C=O) groups is 6. The Morgan fingerprint density at radius 3 is 0.896 bits per heavy atom. The van der Waals surface area contributed by atoms with Gasteiger partial charge in [-0.2, -0.15) is 0 Å². The van der Waals surface area contributed by atoms with Gasteiger partial charge < -0.3 is 60.6 Å². The summed E-state index contributed by atoms with van der Waals surface area (Å²) >= 11 is 5.64. The second-order valence-electron chi connectivity index (χ2n) is 35.4. The van der Waals surface area contributed by atoms with Gasteiger partial charge in [-0.15, -0.1) is 0 Å². The number of halogens is 10. The Balaban J connectivity index is 0.000000162. The van der Waals surface area contributed by atoms with Crippen molar-refractivity contribution in [1.29, 1.82) is 0 Å². The van der Waals surface area contributed by atoms with E-state index in [0.717, 1.165) is 43.6 Å².